The number of allylic oxidation sites excluding steroid dienone is 1. The molecule has 0 saturated heterocycles. The van der Waals surface area contributed by atoms with Crippen molar-refractivity contribution >= 4 is 27.8 Å². The summed E-state index contributed by atoms with van der Waals surface area (Å²) in [7, 11) is 0. The molecule has 0 atom stereocenters. The van der Waals surface area contributed by atoms with E-state index < -0.39 is 0 Å². The van der Waals surface area contributed by atoms with E-state index in [9.17, 15) is 4.79 Å². The zero-order chi connectivity index (χ0) is 11.3. The van der Waals surface area contributed by atoms with Crippen molar-refractivity contribution in [2.24, 2.45) is 5.73 Å². The Hall–Kier alpha value is -2.09. The molecule has 0 spiro atoms. The minimum absolute atomic E-state index is 0.346. The van der Waals surface area contributed by atoms with Crippen molar-refractivity contribution in [2.75, 3.05) is 0 Å². The van der Waals surface area contributed by atoms with Gasteiger partial charge in [-0.15, -0.1) is 0 Å². The summed E-state index contributed by atoms with van der Waals surface area (Å²) in [6.07, 6.45) is 0. The molecule has 0 aromatic heterocycles. The molecule has 0 aliphatic heterocycles. The Labute approximate surface area is 93.4 Å². The van der Waals surface area contributed by atoms with E-state index >= 15 is 0 Å². The molecule has 0 radical (unpaired) electrons. The molecule has 3 rings (SSSR count). The van der Waals surface area contributed by atoms with E-state index in [1.807, 2.05) is 31.2 Å². The highest BCUT2D eigenvalue weighted by Gasteiger charge is 2.23. The topological polar surface area (TPSA) is 43.1 Å². The molecule has 2 aromatic carbocycles. The molecule has 2 N–H and O–H groups in total. The van der Waals surface area contributed by atoms with Crippen LogP contribution in [0.1, 0.15) is 18.1 Å². The predicted octanol–water partition coefficient (Wildman–Crippen LogP) is 2.57. The van der Waals surface area contributed by atoms with Gasteiger partial charge in [-0.1, -0.05) is 36.4 Å². The fraction of sp³-hybridized carbons (Fsp3) is 0.0714. The number of nitrogens with two attached hydrogens (primary N) is 1. The summed E-state index contributed by atoms with van der Waals surface area (Å²) in [4.78, 5) is 11.5. The summed E-state index contributed by atoms with van der Waals surface area (Å²) in [5.74, 6) is -0.346. The Morgan fingerprint density at radius 1 is 1.06 bits per heavy atom. The van der Waals surface area contributed by atoms with Crippen LogP contribution in [0.2, 0.25) is 0 Å². The number of carbonyl (C=O) groups is 1. The van der Waals surface area contributed by atoms with Gasteiger partial charge in [-0.3, -0.25) is 4.79 Å². The van der Waals surface area contributed by atoms with Gasteiger partial charge in [0.05, 0.1) is 5.57 Å². The van der Waals surface area contributed by atoms with Crippen LogP contribution in [0, 0.1) is 0 Å². The number of primary amides is 1. The number of benzene rings is 2. The summed E-state index contributed by atoms with van der Waals surface area (Å²) in [5, 5.41) is 2.31. The molecule has 1 amide bonds. The van der Waals surface area contributed by atoms with E-state index in [0.717, 1.165) is 27.5 Å². The van der Waals surface area contributed by atoms with Crippen molar-refractivity contribution < 1.29 is 4.79 Å². The maximum Gasteiger partial charge on any atom is 0.249 e. The Kier molecular flexibility index (Phi) is 1.69. The lowest BCUT2D eigenvalue weighted by Crippen LogP contribution is -2.12. The average molecular weight is 209 g/mol. The van der Waals surface area contributed by atoms with Crippen molar-refractivity contribution in [3.63, 3.8) is 0 Å². The van der Waals surface area contributed by atoms with Crippen LogP contribution in [0.4, 0.5) is 0 Å². The van der Waals surface area contributed by atoms with Crippen molar-refractivity contribution in [3.8, 4) is 0 Å². The van der Waals surface area contributed by atoms with E-state index in [1.165, 1.54) is 0 Å². The second-order valence-electron chi connectivity index (χ2n) is 4.07. The van der Waals surface area contributed by atoms with Crippen LogP contribution >= 0.6 is 0 Å². The predicted molar refractivity (Wildman–Crippen MR) is 65.6 cm³/mol. The first-order valence-corrected chi connectivity index (χ1v) is 5.23. The minimum atomic E-state index is -0.346. The van der Waals surface area contributed by atoms with Gasteiger partial charge in [0.2, 0.25) is 5.91 Å². The third-order valence-corrected chi connectivity index (χ3v) is 3.20. The molecule has 2 nitrogen and oxygen atoms in total. The number of hydrogen-bond acceptors (Lipinski definition) is 1. The SMILES string of the molecule is CC1=C(C(N)=O)c2cccc3cccc1c23. The summed E-state index contributed by atoms with van der Waals surface area (Å²) >= 11 is 0. The summed E-state index contributed by atoms with van der Waals surface area (Å²) in [6.45, 7) is 1.95. The Bertz CT molecular complexity index is 648. The molecule has 0 bridgehead atoms. The van der Waals surface area contributed by atoms with Gasteiger partial charge in [0.15, 0.2) is 0 Å². The van der Waals surface area contributed by atoms with Gasteiger partial charge in [0.1, 0.15) is 0 Å². The molecule has 0 heterocycles. The Morgan fingerprint density at radius 2 is 1.69 bits per heavy atom. The maximum absolute atomic E-state index is 11.5. The van der Waals surface area contributed by atoms with Crippen LogP contribution in [0.5, 0.6) is 0 Å². The number of hydrogen-bond donors (Lipinski definition) is 1. The second kappa shape index (κ2) is 2.95. The highest BCUT2D eigenvalue weighted by Crippen LogP contribution is 2.41. The van der Waals surface area contributed by atoms with Crippen LogP contribution in [0.3, 0.4) is 0 Å². The Morgan fingerprint density at radius 3 is 2.31 bits per heavy atom. The lowest BCUT2D eigenvalue weighted by Gasteiger charge is -2.02. The molecule has 2 aromatic rings. The number of rotatable bonds is 1. The van der Waals surface area contributed by atoms with Gasteiger partial charge in [0.25, 0.3) is 0 Å². The number of amides is 1. The zero-order valence-electron chi connectivity index (χ0n) is 8.95. The van der Waals surface area contributed by atoms with E-state index in [4.69, 9.17) is 5.73 Å². The fourth-order valence-electron chi connectivity index (χ4n) is 2.52. The first-order valence-electron chi connectivity index (χ1n) is 5.23. The molecule has 78 valence electrons. The van der Waals surface area contributed by atoms with Gasteiger partial charge >= 0.3 is 0 Å². The molecule has 2 heteroatoms. The van der Waals surface area contributed by atoms with E-state index in [1.54, 1.807) is 0 Å². The third kappa shape index (κ3) is 0.986. The quantitative estimate of drug-likeness (QED) is 0.770. The van der Waals surface area contributed by atoms with Crippen molar-refractivity contribution in [3.05, 3.63) is 47.5 Å². The van der Waals surface area contributed by atoms with Crippen molar-refractivity contribution in [1.82, 2.24) is 0 Å². The normalized spacial score (nSPS) is 13.6. The first-order chi connectivity index (χ1) is 7.70. The summed E-state index contributed by atoms with van der Waals surface area (Å²) in [6, 6.07) is 12.1. The van der Waals surface area contributed by atoms with Crippen LogP contribution in [-0.4, -0.2) is 5.91 Å². The van der Waals surface area contributed by atoms with E-state index in [0.29, 0.717) is 5.57 Å². The molecule has 1 aliphatic rings. The average Bonchev–Trinajstić information content (AvgIpc) is 2.55. The lowest BCUT2D eigenvalue weighted by molar-refractivity contribution is -0.112. The van der Waals surface area contributed by atoms with Gasteiger partial charge in [0, 0.05) is 0 Å². The standard InChI is InChI=1S/C14H11NO/c1-8-10-6-2-4-9-5-3-7-11(13(9)10)12(8)14(15)16/h2-7H,1H3,(H2,15,16). The van der Waals surface area contributed by atoms with Crippen LogP contribution in [0.15, 0.2) is 36.4 Å². The molecular weight excluding hydrogens is 198 g/mol. The van der Waals surface area contributed by atoms with Crippen LogP contribution < -0.4 is 5.73 Å². The largest absolute Gasteiger partial charge is 0.366 e. The van der Waals surface area contributed by atoms with Gasteiger partial charge in [-0.25, -0.2) is 0 Å². The molecule has 0 fully saturated rings. The Balaban J connectivity index is 2.50. The van der Waals surface area contributed by atoms with Crippen LogP contribution in [-0.2, 0) is 4.79 Å². The summed E-state index contributed by atoms with van der Waals surface area (Å²) in [5.41, 5.74) is 9.19. The van der Waals surface area contributed by atoms with Crippen molar-refractivity contribution in [1.29, 1.82) is 0 Å². The molecule has 1 aliphatic carbocycles. The minimum Gasteiger partial charge on any atom is -0.366 e. The molecular formula is C14H11NO. The summed E-state index contributed by atoms with van der Waals surface area (Å²) < 4.78 is 0. The van der Waals surface area contributed by atoms with E-state index in [-0.39, 0.29) is 5.91 Å². The third-order valence-electron chi connectivity index (χ3n) is 3.20. The van der Waals surface area contributed by atoms with E-state index in [2.05, 4.69) is 12.1 Å². The smallest absolute Gasteiger partial charge is 0.249 e. The molecule has 0 unspecified atom stereocenters. The van der Waals surface area contributed by atoms with Crippen molar-refractivity contribution in [2.45, 2.75) is 6.92 Å². The van der Waals surface area contributed by atoms with Gasteiger partial charge in [-0.2, -0.15) is 0 Å². The molecule has 16 heavy (non-hydrogen) atoms. The highest BCUT2D eigenvalue weighted by molar-refractivity contribution is 6.33. The zero-order valence-corrected chi connectivity index (χ0v) is 8.95. The monoisotopic (exact) mass is 209 g/mol. The maximum atomic E-state index is 11.5. The lowest BCUT2D eigenvalue weighted by atomic mass is 10.0. The van der Waals surface area contributed by atoms with Crippen LogP contribution in [0.25, 0.3) is 21.9 Å². The second-order valence-corrected chi connectivity index (χ2v) is 4.07. The fourth-order valence-corrected chi connectivity index (χ4v) is 2.52. The highest BCUT2D eigenvalue weighted by atomic mass is 16.1. The number of carbonyl (C=O) groups excluding carboxylic acids is 1. The van der Waals surface area contributed by atoms with Gasteiger partial charge in [-0.05, 0) is 34.4 Å². The molecule has 0 saturated carbocycles. The first kappa shape index (κ1) is 9.16. The van der Waals surface area contributed by atoms with Gasteiger partial charge < -0.3 is 5.73 Å².